The van der Waals surface area contributed by atoms with Crippen LogP contribution in [0.15, 0.2) is 0 Å². The molecule has 0 spiro atoms. The summed E-state index contributed by atoms with van der Waals surface area (Å²) in [6, 6.07) is 0. The summed E-state index contributed by atoms with van der Waals surface area (Å²) in [5.41, 5.74) is 0. The first-order valence-corrected chi connectivity index (χ1v) is 6.09. The van der Waals surface area contributed by atoms with Crippen molar-refractivity contribution in [3.05, 3.63) is 0 Å². The van der Waals surface area contributed by atoms with E-state index in [9.17, 15) is 0 Å². The van der Waals surface area contributed by atoms with Crippen LogP contribution in [-0.2, 0) is 0 Å². The molecule has 2 unspecified atom stereocenters. The molecular weight excluding hydrogens is 158 g/mol. The monoisotopic (exact) mass is 183 g/mol. The molecule has 1 N–H and O–H groups in total. The van der Waals surface area contributed by atoms with Gasteiger partial charge in [-0.25, -0.2) is 0 Å². The number of nitrogens with one attached hydrogen (secondary N) is 1. The smallest absolute Gasteiger partial charge is 0.00180 e. The molecule has 1 aliphatic carbocycles. The van der Waals surface area contributed by atoms with E-state index in [2.05, 4.69) is 19.2 Å². The molecule has 0 radical (unpaired) electrons. The molecule has 1 nitrogen and oxygen atoms in total. The fourth-order valence-electron chi connectivity index (χ4n) is 2.63. The molecule has 0 aromatic heterocycles. The third kappa shape index (κ3) is 3.68. The quantitative estimate of drug-likeness (QED) is 0.690. The maximum absolute atomic E-state index is 3.51. The van der Waals surface area contributed by atoms with E-state index in [0.717, 1.165) is 18.4 Å². The summed E-state index contributed by atoms with van der Waals surface area (Å²) in [6.45, 7) is 6.92. The van der Waals surface area contributed by atoms with Crippen LogP contribution in [0.2, 0.25) is 0 Å². The van der Waals surface area contributed by atoms with Crippen molar-refractivity contribution in [3.63, 3.8) is 0 Å². The molecule has 0 aromatic carbocycles. The zero-order valence-electron chi connectivity index (χ0n) is 9.31. The first kappa shape index (κ1) is 11.0. The zero-order chi connectivity index (χ0) is 9.52. The van der Waals surface area contributed by atoms with Crippen molar-refractivity contribution in [3.8, 4) is 0 Å². The fourth-order valence-corrected chi connectivity index (χ4v) is 2.63. The molecule has 2 atom stereocenters. The Morgan fingerprint density at radius 1 is 1.08 bits per heavy atom. The number of hydrogen-bond acceptors (Lipinski definition) is 1. The average molecular weight is 183 g/mol. The van der Waals surface area contributed by atoms with Crippen molar-refractivity contribution < 1.29 is 0 Å². The van der Waals surface area contributed by atoms with Crippen molar-refractivity contribution in [2.24, 2.45) is 11.8 Å². The lowest BCUT2D eigenvalue weighted by molar-refractivity contribution is 0.217. The second kappa shape index (κ2) is 6.42. The van der Waals surface area contributed by atoms with Crippen LogP contribution in [0.5, 0.6) is 0 Å². The lowest BCUT2D eigenvalue weighted by Crippen LogP contribution is -2.30. The van der Waals surface area contributed by atoms with Gasteiger partial charge in [-0.1, -0.05) is 46.0 Å². The van der Waals surface area contributed by atoms with E-state index in [-0.39, 0.29) is 0 Å². The number of rotatable bonds is 5. The Bertz CT molecular complexity index is 120. The van der Waals surface area contributed by atoms with Crippen LogP contribution in [-0.4, -0.2) is 13.1 Å². The van der Waals surface area contributed by atoms with E-state index in [1.165, 1.54) is 45.1 Å². The third-order valence-corrected chi connectivity index (χ3v) is 3.38. The SMILES string of the molecule is CCCC1CCCCC1CNCC. The molecule has 0 aliphatic heterocycles. The molecule has 0 bridgehead atoms. The predicted molar refractivity (Wildman–Crippen MR) is 58.9 cm³/mol. The molecular formula is C12H25N. The summed E-state index contributed by atoms with van der Waals surface area (Å²) in [6.07, 6.45) is 8.73. The first-order valence-electron chi connectivity index (χ1n) is 6.09. The Morgan fingerprint density at radius 3 is 2.38 bits per heavy atom. The van der Waals surface area contributed by atoms with Gasteiger partial charge in [-0.3, -0.25) is 0 Å². The third-order valence-electron chi connectivity index (χ3n) is 3.38. The summed E-state index contributed by atoms with van der Waals surface area (Å²) in [7, 11) is 0. The van der Waals surface area contributed by atoms with E-state index in [1.807, 2.05) is 0 Å². The van der Waals surface area contributed by atoms with Crippen LogP contribution in [0.1, 0.15) is 52.4 Å². The second-order valence-electron chi connectivity index (χ2n) is 4.40. The second-order valence-corrected chi connectivity index (χ2v) is 4.40. The van der Waals surface area contributed by atoms with Crippen LogP contribution in [0.3, 0.4) is 0 Å². The van der Waals surface area contributed by atoms with Gasteiger partial charge in [-0.15, -0.1) is 0 Å². The molecule has 0 amide bonds. The molecule has 13 heavy (non-hydrogen) atoms. The van der Waals surface area contributed by atoms with Crippen LogP contribution in [0, 0.1) is 11.8 Å². The highest BCUT2D eigenvalue weighted by molar-refractivity contribution is 4.76. The molecule has 1 fully saturated rings. The largest absolute Gasteiger partial charge is 0.317 e. The van der Waals surface area contributed by atoms with Gasteiger partial charge in [0, 0.05) is 0 Å². The predicted octanol–water partition coefficient (Wildman–Crippen LogP) is 3.20. The maximum atomic E-state index is 3.51. The van der Waals surface area contributed by atoms with Crippen molar-refractivity contribution in [2.45, 2.75) is 52.4 Å². The molecule has 1 rings (SSSR count). The fraction of sp³-hybridized carbons (Fsp3) is 1.00. The van der Waals surface area contributed by atoms with E-state index in [0.29, 0.717) is 0 Å². The Balaban J connectivity index is 2.28. The average Bonchev–Trinajstić information content (AvgIpc) is 2.17. The summed E-state index contributed by atoms with van der Waals surface area (Å²) in [5.74, 6) is 2.01. The molecule has 1 saturated carbocycles. The zero-order valence-corrected chi connectivity index (χ0v) is 9.31. The Morgan fingerprint density at radius 2 is 1.77 bits per heavy atom. The van der Waals surface area contributed by atoms with Gasteiger partial charge in [0.1, 0.15) is 0 Å². The van der Waals surface area contributed by atoms with Crippen LogP contribution in [0.4, 0.5) is 0 Å². The molecule has 1 aliphatic rings. The Labute approximate surface area is 83.3 Å². The van der Waals surface area contributed by atoms with Gasteiger partial charge in [-0.2, -0.15) is 0 Å². The molecule has 0 saturated heterocycles. The van der Waals surface area contributed by atoms with Crippen LogP contribution in [0.25, 0.3) is 0 Å². The van der Waals surface area contributed by atoms with E-state index in [1.54, 1.807) is 0 Å². The summed E-state index contributed by atoms with van der Waals surface area (Å²) >= 11 is 0. The minimum atomic E-state index is 0.980. The molecule has 0 aromatic rings. The van der Waals surface area contributed by atoms with Gasteiger partial charge in [0.25, 0.3) is 0 Å². The summed E-state index contributed by atoms with van der Waals surface area (Å²) < 4.78 is 0. The molecule has 78 valence electrons. The van der Waals surface area contributed by atoms with Gasteiger partial charge in [-0.05, 0) is 31.3 Å². The lowest BCUT2D eigenvalue weighted by atomic mass is 9.77. The highest BCUT2D eigenvalue weighted by Gasteiger charge is 2.23. The van der Waals surface area contributed by atoms with Crippen molar-refractivity contribution in [2.75, 3.05) is 13.1 Å². The van der Waals surface area contributed by atoms with Crippen molar-refractivity contribution in [1.82, 2.24) is 5.32 Å². The van der Waals surface area contributed by atoms with Gasteiger partial charge in [0.05, 0.1) is 0 Å². The van der Waals surface area contributed by atoms with Crippen LogP contribution < -0.4 is 5.32 Å². The number of hydrogen-bond donors (Lipinski definition) is 1. The first-order chi connectivity index (χ1) is 6.38. The molecule has 0 heterocycles. The van der Waals surface area contributed by atoms with E-state index in [4.69, 9.17) is 0 Å². The van der Waals surface area contributed by atoms with E-state index < -0.39 is 0 Å². The van der Waals surface area contributed by atoms with Crippen LogP contribution >= 0.6 is 0 Å². The standard InChI is InChI=1S/C12H25N/c1-3-7-11-8-5-6-9-12(11)10-13-4-2/h11-13H,3-10H2,1-2H3. The topological polar surface area (TPSA) is 12.0 Å². The minimum Gasteiger partial charge on any atom is -0.317 e. The Hall–Kier alpha value is -0.0400. The highest BCUT2D eigenvalue weighted by atomic mass is 14.8. The normalized spacial score (nSPS) is 29.1. The maximum Gasteiger partial charge on any atom is -0.00180 e. The highest BCUT2D eigenvalue weighted by Crippen LogP contribution is 2.32. The van der Waals surface area contributed by atoms with Gasteiger partial charge < -0.3 is 5.32 Å². The minimum absolute atomic E-state index is 0.980. The van der Waals surface area contributed by atoms with Crippen molar-refractivity contribution in [1.29, 1.82) is 0 Å². The summed E-state index contributed by atoms with van der Waals surface area (Å²) in [4.78, 5) is 0. The Kier molecular flexibility index (Phi) is 5.45. The lowest BCUT2D eigenvalue weighted by Gasteiger charge is -2.31. The van der Waals surface area contributed by atoms with Gasteiger partial charge in [0.2, 0.25) is 0 Å². The van der Waals surface area contributed by atoms with Gasteiger partial charge in [0.15, 0.2) is 0 Å². The summed E-state index contributed by atoms with van der Waals surface area (Å²) in [5, 5.41) is 3.51. The van der Waals surface area contributed by atoms with Crippen molar-refractivity contribution >= 4 is 0 Å². The van der Waals surface area contributed by atoms with E-state index >= 15 is 0 Å². The molecule has 1 heteroatoms. The van der Waals surface area contributed by atoms with Gasteiger partial charge >= 0.3 is 0 Å².